The molecule has 3 aromatic heterocycles. The van der Waals surface area contributed by atoms with Crippen molar-refractivity contribution in [3.05, 3.63) is 24.5 Å². The number of alkyl halides is 3. The summed E-state index contributed by atoms with van der Waals surface area (Å²) in [6, 6.07) is 3.73. The number of hydrogen-bond acceptors (Lipinski definition) is 8. The number of pyridine rings is 1. The second kappa shape index (κ2) is 8.34. The van der Waals surface area contributed by atoms with Gasteiger partial charge in [-0.25, -0.2) is 9.78 Å². The van der Waals surface area contributed by atoms with E-state index in [-0.39, 0.29) is 0 Å². The van der Waals surface area contributed by atoms with Gasteiger partial charge in [-0.2, -0.15) is 18.2 Å². The summed E-state index contributed by atoms with van der Waals surface area (Å²) in [4.78, 5) is 20.0. The zero-order valence-electron chi connectivity index (χ0n) is 15.2. The Balaban J connectivity index is 0.000000298. The number of ether oxygens (including phenoxy) is 1. The smallest absolute Gasteiger partial charge is 0.490 e. The maximum Gasteiger partial charge on any atom is 0.490 e. The van der Waals surface area contributed by atoms with E-state index in [1.807, 2.05) is 28.9 Å². The normalized spacial score (nSPS) is 14.4. The van der Waals surface area contributed by atoms with Crippen LogP contribution in [0.3, 0.4) is 0 Å². The van der Waals surface area contributed by atoms with Crippen LogP contribution in [0.25, 0.3) is 17.2 Å². The van der Waals surface area contributed by atoms with Crippen molar-refractivity contribution in [1.82, 2.24) is 24.8 Å². The van der Waals surface area contributed by atoms with Crippen molar-refractivity contribution in [2.24, 2.45) is 0 Å². The van der Waals surface area contributed by atoms with Gasteiger partial charge in [-0.05, 0) is 11.2 Å². The van der Waals surface area contributed by atoms with Crippen LogP contribution in [0.4, 0.5) is 19.1 Å². The van der Waals surface area contributed by atoms with Crippen LogP contribution in [0.5, 0.6) is 5.75 Å². The van der Waals surface area contributed by atoms with Crippen LogP contribution in [0.1, 0.15) is 0 Å². The Morgan fingerprint density at radius 3 is 2.62 bits per heavy atom. The van der Waals surface area contributed by atoms with Gasteiger partial charge in [0.05, 0.1) is 7.11 Å². The summed E-state index contributed by atoms with van der Waals surface area (Å²) in [7, 11) is 1.63. The van der Waals surface area contributed by atoms with Crippen molar-refractivity contribution in [1.29, 1.82) is 0 Å². The number of carbonyl (C=O) groups is 1. The number of carboxylic acid groups (broad SMARTS) is 1. The number of hydrogen-bond donors (Lipinski definition) is 2. The van der Waals surface area contributed by atoms with Crippen LogP contribution in [-0.2, 0) is 4.79 Å². The number of aliphatic carboxylic acids is 1. The second-order valence-corrected chi connectivity index (χ2v) is 5.90. The number of nitrogens with one attached hydrogen (secondary N) is 1. The topological polar surface area (TPSA) is 118 Å². The number of halogens is 3. The van der Waals surface area contributed by atoms with Gasteiger partial charge in [-0.15, -0.1) is 0 Å². The molecule has 13 heteroatoms. The van der Waals surface area contributed by atoms with E-state index in [1.165, 1.54) is 0 Å². The van der Waals surface area contributed by atoms with E-state index < -0.39 is 12.1 Å². The van der Waals surface area contributed by atoms with Gasteiger partial charge in [0.1, 0.15) is 17.1 Å². The third kappa shape index (κ3) is 4.93. The molecule has 3 aromatic rings. The van der Waals surface area contributed by atoms with Gasteiger partial charge in [0.25, 0.3) is 11.8 Å². The minimum Gasteiger partial charge on any atom is -0.497 e. The summed E-state index contributed by atoms with van der Waals surface area (Å²) >= 11 is 0. The average molecular weight is 414 g/mol. The van der Waals surface area contributed by atoms with Crippen molar-refractivity contribution >= 4 is 17.6 Å². The summed E-state index contributed by atoms with van der Waals surface area (Å²) in [5.41, 5.74) is 1.43. The van der Waals surface area contributed by atoms with Crippen molar-refractivity contribution < 1.29 is 32.3 Å². The van der Waals surface area contributed by atoms with Crippen LogP contribution in [0.15, 0.2) is 29.0 Å². The summed E-state index contributed by atoms with van der Waals surface area (Å²) in [6.45, 7) is 3.61. The van der Waals surface area contributed by atoms with Crippen molar-refractivity contribution in [3.63, 3.8) is 0 Å². The zero-order chi connectivity index (χ0) is 21.0. The molecule has 4 rings (SSSR count). The van der Waals surface area contributed by atoms with Gasteiger partial charge in [0.2, 0.25) is 0 Å². The van der Waals surface area contributed by atoms with Gasteiger partial charge in [-0.1, -0.05) is 0 Å². The summed E-state index contributed by atoms with van der Waals surface area (Å²) < 4.78 is 44.2. The standard InChI is InChI=1S/C14H16N6O2.C2HF3O2/c1-21-10-2-5-20-9-11(16-12(20)8-10)13-17-14(18-22-13)19-6-3-15-4-7-19;3-2(4,5)1(6)7/h2,5,8-9,15H,3-4,6-7H2,1H3;(H,6,7). The highest BCUT2D eigenvalue weighted by Gasteiger charge is 2.38. The fraction of sp³-hybridized carbons (Fsp3) is 0.375. The molecule has 156 valence electrons. The Kier molecular flexibility index (Phi) is 5.87. The molecule has 4 heterocycles. The molecule has 1 aliphatic heterocycles. The number of carboxylic acids is 1. The number of nitrogens with zero attached hydrogens (tertiary/aromatic N) is 5. The first-order chi connectivity index (χ1) is 13.8. The van der Waals surface area contributed by atoms with E-state index in [1.54, 1.807) is 7.11 Å². The van der Waals surface area contributed by atoms with E-state index in [2.05, 4.69) is 25.3 Å². The maximum atomic E-state index is 10.6. The number of rotatable bonds is 3. The Bertz CT molecular complexity index is 981. The quantitative estimate of drug-likeness (QED) is 0.656. The maximum absolute atomic E-state index is 10.6. The van der Waals surface area contributed by atoms with E-state index in [0.29, 0.717) is 17.5 Å². The molecule has 0 amide bonds. The number of piperazine rings is 1. The van der Waals surface area contributed by atoms with Gasteiger partial charge in [-0.3, -0.25) is 0 Å². The fourth-order valence-electron chi connectivity index (χ4n) is 2.51. The van der Waals surface area contributed by atoms with Gasteiger partial charge >= 0.3 is 12.1 Å². The first-order valence-electron chi connectivity index (χ1n) is 8.40. The average Bonchev–Trinajstić information content (AvgIpc) is 3.34. The molecular weight excluding hydrogens is 397 g/mol. The van der Waals surface area contributed by atoms with Crippen LogP contribution < -0.4 is 15.0 Å². The lowest BCUT2D eigenvalue weighted by atomic mass is 10.4. The molecule has 10 nitrogen and oxygen atoms in total. The van der Waals surface area contributed by atoms with Crippen LogP contribution in [-0.4, -0.2) is 70.1 Å². The second-order valence-electron chi connectivity index (χ2n) is 5.90. The molecule has 0 aliphatic carbocycles. The predicted octanol–water partition coefficient (Wildman–Crippen LogP) is 1.44. The van der Waals surface area contributed by atoms with E-state index in [9.17, 15) is 13.2 Å². The monoisotopic (exact) mass is 414 g/mol. The molecule has 1 fully saturated rings. The molecule has 0 aromatic carbocycles. The number of anilines is 1. The lowest BCUT2D eigenvalue weighted by Gasteiger charge is -2.25. The Morgan fingerprint density at radius 1 is 1.31 bits per heavy atom. The molecule has 1 aliphatic rings. The van der Waals surface area contributed by atoms with E-state index >= 15 is 0 Å². The molecule has 0 radical (unpaired) electrons. The summed E-state index contributed by atoms with van der Waals surface area (Å²) in [5, 5.41) is 14.5. The van der Waals surface area contributed by atoms with E-state index in [4.69, 9.17) is 19.2 Å². The Labute approximate surface area is 161 Å². The molecule has 0 bridgehead atoms. The van der Waals surface area contributed by atoms with Crippen LogP contribution in [0, 0.1) is 0 Å². The Hall–Kier alpha value is -3.35. The molecule has 0 spiro atoms. The third-order valence-corrected chi connectivity index (χ3v) is 3.94. The highest BCUT2D eigenvalue weighted by Crippen LogP contribution is 2.22. The van der Waals surface area contributed by atoms with Crippen molar-refractivity contribution in [3.8, 4) is 17.3 Å². The molecule has 0 unspecified atom stereocenters. The van der Waals surface area contributed by atoms with Gasteiger partial charge in [0.15, 0.2) is 0 Å². The molecule has 0 saturated carbocycles. The number of fused-ring (bicyclic) bond motifs is 1. The minimum atomic E-state index is -5.08. The van der Waals surface area contributed by atoms with Crippen molar-refractivity contribution in [2.75, 3.05) is 38.2 Å². The number of aromatic nitrogens is 4. The third-order valence-electron chi connectivity index (χ3n) is 3.94. The fourth-order valence-corrected chi connectivity index (χ4v) is 2.51. The molecule has 0 atom stereocenters. The number of imidazole rings is 1. The first kappa shape index (κ1) is 20.4. The molecular formula is C16H17F3N6O4. The minimum absolute atomic E-state index is 0.427. The predicted molar refractivity (Wildman–Crippen MR) is 93.8 cm³/mol. The summed E-state index contributed by atoms with van der Waals surface area (Å²) in [5.74, 6) is -0.952. The Morgan fingerprint density at radius 2 is 2.00 bits per heavy atom. The molecule has 2 N–H and O–H groups in total. The lowest BCUT2D eigenvalue weighted by Crippen LogP contribution is -2.44. The van der Waals surface area contributed by atoms with Crippen molar-refractivity contribution in [2.45, 2.75) is 6.18 Å². The van der Waals surface area contributed by atoms with Gasteiger partial charge in [0, 0.05) is 44.6 Å². The zero-order valence-corrected chi connectivity index (χ0v) is 15.2. The lowest BCUT2D eigenvalue weighted by molar-refractivity contribution is -0.192. The van der Waals surface area contributed by atoms with Crippen LogP contribution in [0.2, 0.25) is 0 Å². The highest BCUT2D eigenvalue weighted by molar-refractivity contribution is 5.73. The van der Waals surface area contributed by atoms with E-state index in [0.717, 1.165) is 37.6 Å². The number of methoxy groups -OCH3 is 1. The highest BCUT2D eigenvalue weighted by atomic mass is 19.4. The largest absolute Gasteiger partial charge is 0.497 e. The summed E-state index contributed by atoms with van der Waals surface area (Å²) in [6.07, 6.45) is -1.33. The van der Waals surface area contributed by atoms with Gasteiger partial charge < -0.3 is 29.0 Å². The molecule has 1 saturated heterocycles. The SMILES string of the molecule is COc1ccn2cc(-c3nc(N4CCNCC4)no3)nc2c1.O=C(O)C(F)(F)F. The van der Waals surface area contributed by atoms with Crippen LogP contribution >= 0.6 is 0 Å². The molecule has 29 heavy (non-hydrogen) atoms. The first-order valence-corrected chi connectivity index (χ1v) is 8.40.